The third-order valence-electron chi connectivity index (χ3n) is 2.06. The minimum absolute atomic E-state index is 0.225. The van der Waals surface area contributed by atoms with Crippen LogP contribution in [-0.2, 0) is 6.42 Å². The molecule has 0 aromatic carbocycles. The lowest BCUT2D eigenvalue weighted by Gasteiger charge is -2.04. The van der Waals surface area contributed by atoms with E-state index in [4.69, 9.17) is 11.5 Å². The van der Waals surface area contributed by atoms with Crippen LogP contribution in [-0.4, -0.2) is 10.9 Å². The molecule has 0 radical (unpaired) electrons. The van der Waals surface area contributed by atoms with Gasteiger partial charge in [0.1, 0.15) is 11.5 Å². The summed E-state index contributed by atoms with van der Waals surface area (Å²) in [7, 11) is 0. The minimum atomic E-state index is -0.543. The maximum absolute atomic E-state index is 10.8. The highest BCUT2D eigenvalue weighted by molar-refractivity contribution is 5.91. The van der Waals surface area contributed by atoms with Gasteiger partial charge in [0.15, 0.2) is 0 Å². The van der Waals surface area contributed by atoms with Crippen molar-refractivity contribution in [3.63, 3.8) is 0 Å². The van der Waals surface area contributed by atoms with Gasteiger partial charge in [-0.1, -0.05) is 19.4 Å². The lowest BCUT2D eigenvalue weighted by molar-refractivity contribution is 0.0995. The molecule has 0 spiro atoms. The van der Waals surface area contributed by atoms with Gasteiger partial charge in [-0.2, -0.15) is 0 Å². The van der Waals surface area contributed by atoms with Crippen molar-refractivity contribution in [2.75, 3.05) is 5.73 Å². The number of pyridine rings is 1. The Labute approximate surface area is 83.3 Å². The number of rotatable bonds is 4. The van der Waals surface area contributed by atoms with Gasteiger partial charge in [-0.3, -0.25) is 4.79 Å². The second kappa shape index (κ2) is 4.60. The average Bonchev–Trinajstić information content (AvgIpc) is 2.15. The summed E-state index contributed by atoms with van der Waals surface area (Å²) in [4.78, 5) is 14.7. The number of nitrogen functional groups attached to an aromatic ring is 1. The van der Waals surface area contributed by atoms with E-state index >= 15 is 0 Å². The van der Waals surface area contributed by atoms with Gasteiger partial charge in [0, 0.05) is 0 Å². The molecule has 76 valence electrons. The fourth-order valence-electron chi connectivity index (χ4n) is 1.22. The number of aromatic nitrogens is 1. The molecule has 0 saturated carbocycles. The Morgan fingerprint density at radius 1 is 1.50 bits per heavy atom. The highest BCUT2D eigenvalue weighted by atomic mass is 16.1. The Hall–Kier alpha value is -1.58. The Bertz CT molecular complexity index is 336. The van der Waals surface area contributed by atoms with Crippen molar-refractivity contribution in [3.05, 3.63) is 23.4 Å². The highest BCUT2D eigenvalue weighted by Crippen LogP contribution is 2.12. The minimum Gasteiger partial charge on any atom is -0.383 e. The maximum atomic E-state index is 10.8. The van der Waals surface area contributed by atoms with E-state index < -0.39 is 5.91 Å². The smallest absolute Gasteiger partial charge is 0.267 e. The molecule has 1 rings (SSSR count). The lowest BCUT2D eigenvalue weighted by Crippen LogP contribution is -2.14. The highest BCUT2D eigenvalue weighted by Gasteiger charge is 2.05. The molecular formula is C10H15N3O. The third kappa shape index (κ3) is 2.45. The van der Waals surface area contributed by atoms with Crippen LogP contribution in [0.25, 0.3) is 0 Å². The van der Waals surface area contributed by atoms with Gasteiger partial charge in [-0.15, -0.1) is 0 Å². The van der Waals surface area contributed by atoms with Crippen molar-refractivity contribution in [3.8, 4) is 0 Å². The first-order chi connectivity index (χ1) is 6.65. The van der Waals surface area contributed by atoms with Crippen LogP contribution in [0.2, 0.25) is 0 Å². The van der Waals surface area contributed by atoms with Crippen LogP contribution in [0.3, 0.4) is 0 Å². The SMILES string of the molecule is CCCCc1ccc(C(N)=O)nc1N. The molecule has 1 aromatic heterocycles. The van der Waals surface area contributed by atoms with Gasteiger partial charge < -0.3 is 11.5 Å². The topological polar surface area (TPSA) is 82.0 Å². The average molecular weight is 193 g/mol. The van der Waals surface area contributed by atoms with E-state index in [9.17, 15) is 4.79 Å². The molecule has 0 atom stereocenters. The number of unbranched alkanes of at least 4 members (excludes halogenated alkanes) is 1. The molecule has 0 unspecified atom stereocenters. The summed E-state index contributed by atoms with van der Waals surface area (Å²) in [5.41, 5.74) is 12.0. The number of nitrogens with two attached hydrogens (primary N) is 2. The summed E-state index contributed by atoms with van der Waals surface area (Å²) in [6.07, 6.45) is 3.08. The number of carbonyl (C=O) groups is 1. The van der Waals surface area contributed by atoms with Gasteiger partial charge >= 0.3 is 0 Å². The molecule has 1 amide bonds. The van der Waals surface area contributed by atoms with Crippen molar-refractivity contribution in [1.82, 2.24) is 4.98 Å². The summed E-state index contributed by atoms with van der Waals surface area (Å²) < 4.78 is 0. The van der Waals surface area contributed by atoms with E-state index in [0.717, 1.165) is 24.8 Å². The number of primary amides is 1. The monoisotopic (exact) mass is 193 g/mol. The van der Waals surface area contributed by atoms with Crippen LogP contribution in [0.15, 0.2) is 12.1 Å². The molecule has 0 aliphatic heterocycles. The van der Waals surface area contributed by atoms with Crippen molar-refractivity contribution < 1.29 is 4.79 Å². The van der Waals surface area contributed by atoms with Crippen molar-refractivity contribution in [2.24, 2.45) is 5.73 Å². The molecule has 0 aliphatic carbocycles. The Kier molecular flexibility index (Phi) is 3.45. The summed E-state index contributed by atoms with van der Waals surface area (Å²) in [6.45, 7) is 2.11. The number of hydrogen-bond acceptors (Lipinski definition) is 3. The summed E-state index contributed by atoms with van der Waals surface area (Å²) in [6, 6.07) is 3.43. The first-order valence-electron chi connectivity index (χ1n) is 4.70. The van der Waals surface area contributed by atoms with Crippen LogP contribution in [0, 0.1) is 0 Å². The van der Waals surface area contributed by atoms with Crippen LogP contribution in [0.4, 0.5) is 5.82 Å². The van der Waals surface area contributed by atoms with Gasteiger partial charge in [-0.05, 0) is 24.5 Å². The molecule has 4 nitrogen and oxygen atoms in total. The maximum Gasteiger partial charge on any atom is 0.267 e. The van der Waals surface area contributed by atoms with Gasteiger partial charge in [0.05, 0.1) is 0 Å². The largest absolute Gasteiger partial charge is 0.383 e. The molecule has 1 heterocycles. The number of carbonyl (C=O) groups excluding carboxylic acids is 1. The molecule has 4 heteroatoms. The van der Waals surface area contributed by atoms with Crippen LogP contribution in [0.5, 0.6) is 0 Å². The summed E-state index contributed by atoms with van der Waals surface area (Å²) >= 11 is 0. The van der Waals surface area contributed by atoms with Gasteiger partial charge in [0.25, 0.3) is 5.91 Å². The van der Waals surface area contributed by atoms with E-state index in [1.807, 2.05) is 6.07 Å². The van der Waals surface area contributed by atoms with Gasteiger partial charge in [0.2, 0.25) is 0 Å². The van der Waals surface area contributed by atoms with E-state index in [1.54, 1.807) is 6.07 Å². The predicted molar refractivity (Wildman–Crippen MR) is 55.8 cm³/mol. The zero-order valence-corrected chi connectivity index (χ0v) is 8.29. The standard InChI is InChI=1S/C10H15N3O/c1-2-3-4-7-5-6-8(10(12)14)13-9(7)11/h5-6H,2-4H2,1H3,(H2,11,13)(H2,12,14). The fourth-order valence-corrected chi connectivity index (χ4v) is 1.22. The fraction of sp³-hybridized carbons (Fsp3) is 0.400. The van der Waals surface area contributed by atoms with E-state index in [0.29, 0.717) is 5.82 Å². The van der Waals surface area contributed by atoms with Gasteiger partial charge in [-0.25, -0.2) is 4.98 Å². The molecule has 0 aliphatic rings. The number of aryl methyl sites for hydroxylation is 1. The second-order valence-electron chi connectivity index (χ2n) is 3.21. The Morgan fingerprint density at radius 3 is 2.71 bits per heavy atom. The molecule has 14 heavy (non-hydrogen) atoms. The second-order valence-corrected chi connectivity index (χ2v) is 3.21. The third-order valence-corrected chi connectivity index (χ3v) is 2.06. The van der Waals surface area contributed by atoms with Crippen molar-refractivity contribution in [1.29, 1.82) is 0 Å². The summed E-state index contributed by atoms with van der Waals surface area (Å²) in [5.74, 6) is -0.131. The van der Waals surface area contributed by atoms with E-state index in [2.05, 4.69) is 11.9 Å². The van der Waals surface area contributed by atoms with Crippen LogP contribution >= 0.6 is 0 Å². The van der Waals surface area contributed by atoms with Crippen LogP contribution < -0.4 is 11.5 Å². The number of nitrogens with zero attached hydrogens (tertiary/aromatic N) is 1. The molecule has 4 N–H and O–H groups in total. The number of anilines is 1. The van der Waals surface area contributed by atoms with E-state index in [1.165, 1.54) is 0 Å². The lowest BCUT2D eigenvalue weighted by atomic mass is 10.1. The van der Waals surface area contributed by atoms with Crippen molar-refractivity contribution in [2.45, 2.75) is 26.2 Å². The van der Waals surface area contributed by atoms with Crippen LogP contribution in [0.1, 0.15) is 35.8 Å². The predicted octanol–water partition coefficient (Wildman–Crippen LogP) is 1.11. The van der Waals surface area contributed by atoms with Crippen molar-refractivity contribution >= 4 is 11.7 Å². The number of hydrogen-bond donors (Lipinski definition) is 2. The van der Waals surface area contributed by atoms with E-state index in [-0.39, 0.29) is 5.69 Å². The zero-order chi connectivity index (χ0) is 10.6. The first kappa shape index (κ1) is 10.5. The molecular weight excluding hydrogens is 178 g/mol. The summed E-state index contributed by atoms with van der Waals surface area (Å²) in [5, 5.41) is 0. The Morgan fingerprint density at radius 2 is 2.21 bits per heavy atom. The quantitative estimate of drug-likeness (QED) is 0.751. The molecule has 0 bridgehead atoms. The normalized spacial score (nSPS) is 10.1. The molecule has 0 fully saturated rings. The first-order valence-corrected chi connectivity index (χ1v) is 4.70. The molecule has 1 aromatic rings. The molecule has 0 saturated heterocycles. The zero-order valence-electron chi connectivity index (χ0n) is 8.29. The Balaban J connectivity index is 2.84. The number of amides is 1.